The maximum atomic E-state index is 12.9. The molecule has 3 rings (SSSR count). The van der Waals surface area contributed by atoms with Crippen LogP contribution in [0, 0.1) is 5.92 Å². The molecule has 0 radical (unpaired) electrons. The molecule has 0 saturated heterocycles. The minimum atomic E-state index is -4.44. The Bertz CT molecular complexity index is 661. The molecule has 1 aliphatic carbocycles. The fourth-order valence-electron chi connectivity index (χ4n) is 2.11. The number of hydrogen-bond acceptors (Lipinski definition) is 3. The Morgan fingerprint density at radius 2 is 2.10 bits per heavy atom. The lowest BCUT2D eigenvalue weighted by molar-refractivity contribution is -0.136. The van der Waals surface area contributed by atoms with Crippen molar-refractivity contribution >= 4 is 32.6 Å². The predicted octanol–water partition coefficient (Wildman–Crippen LogP) is 4.05. The maximum Gasteiger partial charge on any atom is 0.418 e. The number of alkyl halides is 3. The topological polar surface area (TPSA) is 42.0 Å². The van der Waals surface area contributed by atoms with Crippen LogP contribution in [0.25, 0.3) is 10.2 Å². The molecule has 1 aromatic carbocycles. The van der Waals surface area contributed by atoms with Crippen LogP contribution in [0.5, 0.6) is 0 Å². The number of thiazole rings is 1. The Morgan fingerprint density at radius 1 is 1.35 bits per heavy atom. The first kappa shape index (κ1) is 13.4. The number of hydrogen-bond donors (Lipinski definition) is 1. The number of aromatic nitrogens is 1. The summed E-state index contributed by atoms with van der Waals surface area (Å²) in [7, 11) is 0. The molecule has 0 bridgehead atoms. The number of fused-ring (bicyclic) bond motifs is 1. The molecular formula is C13H11F3N2OS. The van der Waals surface area contributed by atoms with Crippen LogP contribution in [0.2, 0.25) is 0 Å². The van der Waals surface area contributed by atoms with Gasteiger partial charge in [0.1, 0.15) is 0 Å². The molecule has 1 fully saturated rings. The van der Waals surface area contributed by atoms with Gasteiger partial charge >= 0.3 is 6.18 Å². The first-order chi connectivity index (χ1) is 9.45. The summed E-state index contributed by atoms with van der Waals surface area (Å²) in [5.41, 5.74) is -0.871. The number of nitrogens with zero attached hydrogens (tertiary/aromatic N) is 1. The summed E-state index contributed by atoms with van der Waals surface area (Å²) in [6.07, 6.45) is -1.74. The Labute approximate surface area is 116 Å². The van der Waals surface area contributed by atoms with Gasteiger partial charge in [-0.15, -0.1) is 0 Å². The zero-order valence-electron chi connectivity index (χ0n) is 10.3. The molecule has 1 aliphatic rings. The first-order valence-corrected chi connectivity index (χ1v) is 7.04. The largest absolute Gasteiger partial charge is 0.418 e. The van der Waals surface area contributed by atoms with E-state index in [1.54, 1.807) is 6.07 Å². The number of halogens is 3. The Morgan fingerprint density at radius 3 is 2.70 bits per heavy atom. The number of nitrogens with one attached hydrogen (secondary N) is 1. The highest BCUT2D eigenvalue weighted by atomic mass is 32.1. The van der Waals surface area contributed by atoms with E-state index in [1.165, 1.54) is 6.07 Å². The van der Waals surface area contributed by atoms with Gasteiger partial charge in [0.15, 0.2) is 5.13 Å². The van der Waals surface area contributed by atoms with Crippen LogP contribution in [0.1, 0.15) is 24.8 Å². The highest BCUT2D eigenvalue weighted by molar-refractivity contribution is 7.22. The van der Waals surface area contributed by atoms with E-state index in [4.69, 9.17) is 0 Å². The van der Waals surface area contributed by atoms with Crippen molar-refractivity contribution in [3.8, 4) is 0 Å². The summed E-state index contributed by atoms with van der Waals surface area (Å²) in [4.78, 5) is 15.7. The van der Waals surface area contributed by atoms with E-state index in [0.717, 1.165) is 36.7 Å². The zero-order chi connectivity index (χ0) is 14.3. The van der Waals surface area contributed by atoms with Crippen molar-refractivity contribution < 1.29 is 18.0 Å². The molecule has 1 N–H and O–H groups in total. The molecule has 0 atom stereocenters. The molecule has 0 unspecified atom stereocenters. The minimum absolute atomic E-state index is 0.0240. The average molecular weight is 300 g/mol. The fraction of sp³-hybridized carbons (Fsp3) is 0.385. The summed E-state index contributed by atoms with van der Waals surface area (Å²) in [5, 5.41) is 2.84. The Balaban J connectivity index is 1.92. The highest BCUT2D eigenvalue weighted by Crippen LogP contribution is 2.37. The molecule has 106 valence electrons. The second-order valence-corrected chi connectivity index (χ2v) is 5.82. The van der Waals surface area contributed by atoms with Gasteiger partial charge in [-0.2, -0.15) is 13.2 Å². The van der Waals surface area contributed by atoms with Gasteiger partial charge in [-0.05, 0) is 25.0 Å². The van der Waals surface area contributed by atoms with Gasteiger partial charge in [0.05, 0.1) is 15.8 Å². The number of rotatable bonds is 2. The molecule has 1 amide bonds. The van der Waals surface area contributed by atoms with Gasteiger partial charge in [0, 0.05) is 5.92 Å². The summed E-state index contributed by atoms with van der Waals surface area (Å²) in [6, 6.07) is 3.92. The van der Waals surface area contributed by atoms with Gasteiger partial charge in [0.25, 0.3) is 0 Å². The second-order valence-electron chi connectivity index (χ2n) is 4.79. The van der Waals surface area contributed by atoms with E-state index in [-0.39, 0.29) is 22.5 Å². The zero-order valence-corrected chi connectivity index (χ0v) is 11.1. The van der Waals surface area contributed by atoms with Crippen molar-refractivity contribution in [2.24, 2.45) is 5.92 Å². The smallest absolute Gasteiger partial charge is 0.302 e. The van der Waals surface area contributed by atoms with Gasteiger partial charge in [-0.1, -0.05) is 23.8 Å². The van der Waals surface area contributed by atoms with Crippen molar-refractivity contribution in [2.75, 3.05) is 5.32 Å². The van der Waals surface area contributed by atoms with Gasteiger partial charge in [-0.3, -0.25) is 4.79 Å². The molecule has 0 spiro atoms. The fourth-order valence-corrected chi connectivity index (χ4v) is 3.00. The number of carbonyl (C=O) groups is 1. The molecule has 7 heteroatoms. The van der Waals surface area contributed by atoms with Crippen molar-refractivity contribution in [3.05, 3.63) is 23.8 Å². The van der Waals surface area contributed by atoms with Crippen LogP contribution >= 0.6 is 11.3 Å². The van der Waals surface area contributed by atoms with E-state index in [1.807, 2.05) is 0 Å². The van der Waals surface area contributed by atoms with E-state index >= 15 is 0 Å². The van der Waals surface area contributed by atoms with E-state index in [2.05, 4.69) is 10.3 Å². The molecule has 1 heterocycles. The van der Waals surface area contributed by atoms with Crippen molar-refractivity contribution in [1.82, 2.24) is 4.98 Å². The molecule has 1 saturated carbocycles. The highest BCUT2D eigenvalue weighted by Gasteiger charge is 2.34. The third kappa shape index (κ3) is 2.37. The normalized spacial score (nSPS) is 16.1. The number of benzene rings is 1. The van der Waals surface area contributed by atoms with Crippen molar-refractivity contribution in [1.29, 1.82) is 0 Å². The average Bonchev–Trinajstić information content (AvgIpc) is 2.66. The van der Waals surface area contributed by atoms with E-state index < -0.39 is 11.7 Å². The number of anilines is 1. The number of para-hydroxylation sites is 1. The Kier molecular flexibility index (Phi) is 3.16. The third-order valence-electron chi connectivity index (χ3n) is 3.43. The van der Waals surface area contributed by atoms with E-state index in [0.29, 0.717) is 4.70 Å². The quantitative estimate of drug-likeness (QED) is 0.909. The van der Waals surface area contributed by atoms with Crippen LogP contribution in [-0.2, 0) is 11.0 Å². The summed E-state index contributed by atoms with van der Waals surface area (Å²) >= 11 is 1.06. The van der Waals surface area contributed by atoms with Crippen LogP contribution in [0.15, 0.2) is 18.2 Å². The third-order valence-corrected chi connectivity index (χ3v) is 4.37. The SMILES string of the molecule is O=C(Nc1nc2c(C(F)(F)F)cccc2s1)C1CCC1. The van der Waals surface area contributed by atoms with Crippen molar-refractivity contribution in [3.63, 3.8) is 0 Å². The lowest BCUT2D eigenvalue weighted by atomic mass is 9.85. The lowest BCUT2D eigenvalue weighted by Crippen LogP contribution is -2.27. The van der Waals surface area contributed by atoms with Gasteiger partial charge in [-0.25, -0.2) is 4.98 Å². The number of amides is 1. The molecule has 20 heavy (non-hydrogen) atoms. The molecule has 3 nitrogen and oxygen atoms in total. The van der Waals surface area contributed by atoms with Crippen LogP contribution in [0.3, 0.4) is 0 Å². The first-order valence-electron chi connectivity index (χ1n) is 6.23. The van der Waals surface area contributed by atoms with E-state index in [9.17, 15) is 18.0 Å². The van der Waals surface area contributed by atoms with Crippen LogP contribution < -0.4 is 5.32 Å². The minimum Gasteiger partial charge on any atom is -0.302 e. The summed E-state index contributed by atoms with van der Waals surface area (Å²) in [5.74, 6) is -0.173. The summed E-state index contributed by atoms with van der Waals surface area (Å²) < 4.78 is 39.0. The van der Waals surface area contributed by atoms with Gasteiger partial charge in [0.2, 0.25) is 5.91 Å². The Hall–Kier alpha value is -1.63. The monoisotopic (exact) mass is 300 g/mol. The maximum absolute atomic E-state index is 12.9. The van der Waals surface area contributed by atoms with Crippen molar-refractivity contribution in [2.45, 2.75) is 25.4 Å². The standard InChI is InChI=1S/C13H11F3N2OS/c14-13(15,16)8-5-2-6-9-10(8)17-12(20-9)18-11(19)7-3-1-4-7/h2,5-7H,1,3-4H2,(H,17,18,19). The molecule has 1 aromatic heterocycles. The van der Waals surface area contributed by atoms with Gasteiger partial charge < -0.3 is 5.32 Å². The molecule has 0 aliphatic heterocycles. The molecular weight excluding hydrogens is 289 g/mol. The molecule has 2 aromatic rings. The lowest BCUT2D eigenvalue weighted by Gasteiger charge is -2.23. The summed E-state index contributed by atoms with van der Waals surface area (Å²) in [6.45, 7) is 0. The van der Waals surface area contributed by atoms with Crippen LogP contribution in [0.4, 0.5) is 18.3 Å². The second kappa shape index (κ2) is 4.73. The predicted molar refractivity (Wildman–Crippen MR) is 70.6 cm³/mol. The number of carbonyl (C=O) groups excluding carboxylic acids is 1. The van der Waals surface area contributed by atoms with Crippen LogP contribution in [-0.4, -0.2) is 10.9 Å².